The molecule has 0 atom stereocenters. The summed E-state index contributed by atoms with van der Waals surface area (Å²) in [6.45, 7) is 0. The predicted octanol–water partition coefficient (Wildman–Crippen LogP) is 2.44. The van der Waals surface area contributed by atoms with Crippen molar-refractivity contribution in [2.75, 3.05) is 6.26 Å². The molecule has 0 saturated carbocycles. The Kier molecular flexibility index (Phi) is 3.45. The summed E-state index contributed by atoms with van der Waals surface area (Å²) in [7, 11) is -3.34. The van der Waals surface area contributed by atoms with Gasteiger partial charge in [-0.15, -0.1) is 0 Å². The van der Waals surface area contributed by atoms with Crippen LogP contribution in [0.25, 0.3) is 22.0 Å². The van der Waals surface area contributed by atoms with Crippen LogP contribution in [-0.2, 0) is 9.84 Å². The number of aromatic nitrogens is 1. The third-order valence-corrected chi connectivity index (χ3v) is 4.66. The number of hydrogen-bond donors (Lipinski definition) is 2. The average molecular weight is 333 g/mol. The van der Waals surface area contributed by atoms with Gasteiger partial charge < -0.3 is 10.1 Å². The van der Waals surface area contributed by atoms with Crippen molar-refractivity contribution in [3.8, 4) is 17.0 Å². The van der Waals surface area contributed by atoms with Gasteiger partial charge in [-0.2, -0.15) is 0 Å². The van der Waals surface area contributed by atoms with Gasteiger partial charge in [-0.05, 0) is 30.3 Å². The van der Waals surface area contributed by atoms with E-state index in [1.54, 1.807) is 0 Å². The van der Waals surface area contributed by atoms with Gasteiger partial charge in [0.1, 0.15) is 11.6 Å². The number of pyridine rings is 1. The van der Waals surface area contributed by atoms with E-state index in [1.807, 2.05) is 0 Å². The third kappa shape index (κ3) is 2.70. The highest BCUT2D eigenvalue weighted by Gasteiger charge is 2.14. The van der Waals surface area contributed by atoms with Crippen LogP contribution in [0.4, 0.5) is 4.39 Å². The Hall–Kier alpha value is -2.67. The fraction of sp³-hybridized carbons (Fsp3) is 0.0625. The summed E-state index contributed by atoms with van der Waals surface area (Å²) < 4.78 is 36.2. The molecule has 0 saturated heterocycles. The first kappa shape index (κ1) is 15.2. The normalized spacial score (nSPS) is 11.7. The van der Waals surface area contributed by atoms with Crippen molar-refractivity contribution in [1.82, 2.24) is 4.98 Å². The fourth-order valence-electron chi connectivity index (χ4n) is 2.36. The molecule has 1 aromatic heterocycles. The van der Waals surface area contributed by atoms with Gasteiger partial charge in [0.15, 0.2) is 9.84 Å². The lowest BCUT2D eigenvalue weighted by Gasteiger charge is -2.09. The summed E-state index contributed by atoms with van der Waals surface area (Å²) in [4.78, 5) is 14.7. The second-order valence-corrected chi connectivity index (χ2v) is 7.18. The smallest absolute Gasteiger partial charge is 0.256 e. The summed E-state index contributed by atoms with van der Waals surface area (Å²) in [6, 6.07) is 9.26. The number of H-pyrrole nitrogens is 1. The maximum atomic E-state index is 13.2. The number of benzene rings is 2. The van der Waals surface area contributed by atoms with Crippen LogP contribution in [-0.4, -0.2) is 24.8 Å². The number of aromatic hydroxyl groups is 1. The average Bonchev–Trinajstić information content (AvgIpc) is 2.50. The van der Waals surface area contributed by atoms with Crippen molar-refractivity contribution in [3.63, 3.8) is 0 Å². The maximum absolute atomic E-state index is 13.2. The van der Waals surface area contributed by atoms with Gasteiger partial charge in [-0.3, -0.25) is 4.79 Å². The van der Waals surface area contributed by atoms with Crippen LogP contribution in [0.2, 0.25) is 0 Å². The molecule has 7 heteroatoms. The molecule has 1 heterocycles. The molecule has 3 aromatic rings. The van der Waals surface area contributed by atoms with Crippen LogP contribution in [0.1, 0.15) is 0 Å². The molecule has 0 aliphatic rings. The number of rotatable bonds is 2. The van der Waals surface area contributed by atoms with Crippen LogP contribution in [0.5, 0.6) is 5.75 Å². The highest BCUT2D eigenvalue weighted by atomic mass is 32.2. The van der Waals surface area contributed by atoms with Gasteiger partial charge in [0, 0.05) is 17.2 Å². The summed E-state index contributed by atoms with van der Waals surface area (Å²) in [5.41, 5.74) is 0.0480. The predicted molar refractivity (Wildman–Crippen MR) is 84.7 cm³/mol. The standard InChI is InChI=1S/C16H12FNO4S/c1-23(21,22)11-5-2-9(3-6-11)14-15(19)12-7-4-10(17)8-13(12)16(20)18-14/h2-8,19H,1H3,(H,18,20). The quantitative estimate of drug-likeness (QED) is 0.754. The zero-order valence-corrected chi connectivity index (χ0v) is 12.8. The molecular weight excluding hydrogens is 321 g/mol. The minimum absolute atomic E-state index is 0.0407. The number of fused-ring (bicyclic) bond motifs is 1. The minimum atomic E-state index is -3.34. The molecule has 23 heavy (non-hydrogen) atoms. The molecule has 0 aliphatic heterocycles. The number of sulfone groups is 1. The lowest BCUT2D eigenvalue weighted by Crippen LogP contribution is -2.08. The molecule has 0 radical (unpaired) electrons. The summed E-state index contributed by atoms with van der Waals surface area (Å²) in [6.07, 6.45) is 1.09. The molecule has 5 nitrogen and oxygen atoms in total. The largest absolute Gasteiger partial charge is 0.505 e. The van der Waals surface area contributed by atoms with Gasteiger partial charge in [0.25, 0.3) is 5.56 Å². The Balaban J connectivity index is 2.23. The first-order chi connectivity index (χ1) is 10.8. The Labute approximate surface area is 131 Å². The van der Waals surface area contributed by atoms with Crippen LogP contribution < -0.4 is 5.56 Å². The Morgan fingerprint density at radius 1 is 1.04 bits per heavy atom. The van der Waals surface area contributed by atoms with Crippen LogP contribution in [0.15, 0.2) is 52.2 Å². The second kappa shape index (κ2) is 5.20. The zero-order valence-electron chi connectivity index (χ0n) is 12.0. The van der Waals surface area contributed by atoms with E-state index in [9.17, 15) is 22.7 Å². The topological polar surface area (TPSA) is 87.2 Å². The van der Waals surface area contributed by atoms with E-state index >= 15 is 0 Å². The summed E-state index contributed by atoms with van der Waals surface area (Å²) in [5.74, 6) is -0.778. The number of aromatic amines is 1. The van der Waals surface area contributed by atoms with E-state index in [1.165, 1.54) is 30.3 Å². The van der Waals surface area contributed by atoms with Crippen molar-refractivity contribution in [2.24, 2.45) is 0 Å². The number of hydrogen-bond acceptors (Lipinski definition) is 4. The van der Waals surface area contributed by atoms with Gasteiger partial charge in [0.2, 0.25) is 0 Å². The number of halogens is 1. The van der Waals surface area contributed by atoms with Crippen molar-refractivity contribution >= 4 is 20.6 Å². The van der Waals surface area contributed by atoms with Crippen molar-refractivity contribution in [2.45, 2.75) is 4.90 Å². The molecule has 0 amide bonds. The molecule has 2 N–H and O–H groups in total. The van der Waals surface area contributed by atoms with Gasteiger partial charge in [0.05, 0.1) is 16.0 Å². The molecule has 0 aliphatic carbocycles. The Bertz CT molecular complexity index is 1070. The first-order valence-corrected chi connectivity index (χ1v) is 8.51. The summed E-state index contributed by atoms with van der Waals surface area (Å²) >= 11 is 0. The van der Waals surface area contributed by atoms with E-state index < -0.39 is 21.2 Å². The van der Waals surface area contributed by atoms with E-state index in [0.29, 0.717) is 5.56 Å². The third-order valence-electron chi connectivity index (χ3n) is 3.53. The SMILES string of the molecule is CS(=O)(=O)c1ccc(-c2[nH]c(=O)c3cc(F)ccc3c2O)cc1. The van der Waals surface area contributed by atoms with Crippen LogP contribution in [0.3, 0.4) is 0 Å². The van der Waals surface area contributed by atoms with Gasteiger partial charge in [-0.1, -0.05) is 12.1 Å². The van der Waals surface area contributed by atoms with Crippen molar-refractivity contribution in [3.05, 3.63) is 58.6 Å². The molecule has 3 rings (SSSR count). The van der Waals surface area contributed by atoms with Gasteiger partial charge in [-0.25, -0.2) is 12.8 Å². The molecule has 118 valence electrons. The summed E-state index contributed by atoms with van der Waals surface area (Å²) in [5, 5.41) is 10.6. The molecule has 0 bridgehead atoms. The lowest BCUT2D eigenvalue weighted by atomic mass is 10.1. The van der Waals surface area contributed by atoms with Crippen LogP contribution in [0, 0.1) is 5.82 Å². The molecule has 0 unspecified atom stereocenters. The van der Waals surface area contributed by atoms with E-state index in [-0.39, 0.29) is 27.1 Å². The highest BCUT2D eigenvalue weighted by molar-refractivity contribution is 7.90. The molecule has 2 aromatic carbocycles. The Morgan fingerprint density at radius 2 is 1.70 bits per heavy atom. The van der Waals surface area contributed by atoms with Crippen molar-refractivity contribution < 1.29 is 17.9 Å². The molecular formula is C16H12FNO4S. The fourth-order valence-corrected chi connectivity index (χ4v) is 2.99. The lowest BCUT2D eigenvalue weighted by molar-refractivity contribution is 0.481. The van der Waals surface area contributed by atoms with E-state index in [0.717, 1.165) is 18.4 Å². The maximum Gasteiger partial charge on any atom is 0.256 e. The second-order valence-electron chi connectivity index (χ2n) is 5.16. The first-order valence-electron chi connectivity index (χ1n) is 6.62. The Morgan fingerprint density at radius 3 is 2.30 bits per heavy atom. The van der Waals surface area contributed by atoms with E-state index in [4.69, 9.17) is 0 Å². The molecule has 0 spiro atoms. The van der Waals surface area contributed by atoms with E-state index in [2.05, 4.69) is 4.98 Å². The monoisotopic (exact) mass is 333 g/mol. The molecule has 0 fully saturated rings. The minimum Gasteiger partial charge on any atom is -0.505 e. The highest BCUT2D eigenvalue weighted by Crippen LogP contribution is 2.32. The van der Waals surface area contributed by atoms with Crippen LogP contribution >= 0.6 is 0 Å². The number of nitrogens with one attached hydrogen (secondary N) is 1. The zero-order chi connectivity index (χ0) is 16.8. The van der Waals surface area contributed by atoms with Crippen molar-refractivity contribution in [1.29, 1.82) is 0 Å². The van der Waals surface area contributed by atoms with Gasteiger partial charge >= 0.3 is 0 Å².